The van der Waals surface area contributed by atoms with Gasteiger partial charge >= 0.3 is 0 Å². The number of hydrogen-bond donors (Lipinski definition) is 1. The van der Waals surface area contributed by atoms with Crippen LogP contribution in [0.2, 0.25) is 0 Å². The topological polar surface area (TPSA) is 37.8 Å². The fraction of sp³-hybridized carbons (Fsp3) is 0.444. The van der Waals surface area contributed by atoms with Crippen LogP contribution in [0.4, 0.5) is 5.82 Å². The van der Waals surface area contributed by atoms with Gasteiger partial charge in [-0.25, -0.2) is 9.97 Å². The zero-order valence-corrected chi connectivity index (χ0v) is 13.5. The summed E-state index contributed by atoms with van der Waals surface area (Å²) in [6.07, 6.45) is 2.04. The molecule has 0 amide bonds. The van der Waals surface area contributed by atoms with Gasteiger partial charge in [-0.1, -0.05) is 44.2 Å². The van der Waals surface area contributed by atoms with E-state index in [1.165, 1.54) is 0 Å². The van der Waals surface area contributed by atoms with E-state index in [1.807, 2.05) is 6.07 Å². The summed E-state index contributed by atoms with van der Waals surface area (Å²) < 4.78 is 0. The highest BCUT2D eigenvalue weighted by Gasteiger charge is 2.12. The molecule has 21 heavy (non-hydrogen) atoms. The van der Waals surface area contributed by atoms with Crippen molar-refractivity contribution < 1.29 is 0 Å². The third-order valence-corrected chi connectivity index (χ3v) is 3.53. The molecule has 0 fully saturated rings. The molecule has 0 unspecified atom stereocenters. The molecule has 0 spiro atoms. The highest BCUT2D eigenvalue weighted by molar-refractivity contribution is 5.68. The third kappa shape index (κ3) is 4.03. The lowest BCUT2D eigenvalue weighted by Crippen LogP contribution is -2.08. The van der Waals surface area contributed by atoms with Gasteiger partial charge < -0.3 is 5.32 Å². The monoisotopic (exact) mass is 283 g/mol. The Balaban J connectivity index is 2.42. The van der Waals surface area contributed by atoms with Crippen molar-refractivity contribution in [3.8, 4) is 11.3 Å². The predicted molar refractivity (Wildman–Crippen MR) is 89.5 cm³/mol. The molecule has 2 aromatic rings. The van der Waals surface area contributed by atoms with E-state index < -0.39 is 0 Å². The van der Waals surface area contributed by atoms with Gasteiger partial charge in [0.25, 0.3) is 0 Å². The first-order chi connectivity index (χ1) is 10.1. The lowest BCUT2D eigenvalue weighted by atomic mass is 10.1. The molecule has 1 heterocycles. The summed E-state index contributed by atoms with van der Waals surface area (Å²) in [5, 5.41) is 3.36. The van der Waals surface area contributed by atoms with Crippen LogP contribution in [0, 0.1) is 12.8 Å². The number of hydrogen-bond acceptors (Lipinski definition) is 3. The summed E-state index contributed by atoms with van der Waals surface area (Å²) in [5.74, 6) is 2.56. The van der Waals surface area contributed by atoms with Crippen LogP contribution in [-0.2, 0) is 6.42 Å². The molecule has 3 nitrogen and oxygen atoms in total. The standard InChI is InChI=1S/C18H25N3/c1-5-19-18-14(4)17(15-9-7-6-8-10-15)20-16(21-18)12-11-13(2)3/h6-10,13H,5,11-12H2,1-4H3,(H,19,20,21). The van der Waals surface area contributed by atoms with Crippen LogP contribution in [0.3, 0.4) is 0 Å². The first-order valence-corrected chi connectivity index (χ1v) is 7.78. The summed E-state index contributed by atoms with van der Waals surface area (Å²) in [4.78, 5) is 9.50. The number of aromatic nitrogens is 2. The highest BCUT2D eigenvalue weighted by Crippen LogP contribution is 2.26. The van der Waals surface area contributed by atoms with Gasteiger partial charge in [0.05, 0.1) is 5.69 Å². The van der Waals surface area contributed by atoms with Crippen molar-refractivity contribution in [2.75, 3.05) is 11.9 Å². The molecule has 3 heteroatoms. The minimum absolute atomic E-state index is 0.665. The first-order valence-electron chi connectivity index (χ1n) is 7.78. The van der Waals surface area contributed by atoms with Gasteiger partial charge in [0.2, 0.25) is 0 Å². The predicted octanol–water partition coefficient (Wildman–Crippen LogP) is 4.47. The molecule has 0 aliphatic carbocycles. The lowest BCUT2D eigenvalue weighted by molar-refractivity contribution is 0.575. The maximum absolute atomic E-state index is 4.81. The average Bonchev–Trinajstić information content (AvgIpc) is 2.49. The SMILES string of the molecule is CCNc1nc(CCC(C)C)nc(-c2ccccc2)c1C. The molecule has 0 aliphatic heterocycles. The van der Waals surface area contributed by atoms with Gasteiger partial charge in [-0.15, -0.1) is 0 Å². The number of aryl methyl sites for hydroxylation is 1. The first kappa shape index (κ1) is 15.5. The maximum atomic E-state index is 4.81. The zero-order chi connectivity index (χ0) is 15.2. The molecule has 1 aromatic heterocycles. The average molecular weight is 283 g/mol. The highest BCUT2D eigenvalue weighted by atomic mass is 15.0. The molecular formula is C18H25N3. The zero-order valence-electron chi connectivity index (χ0n) is 13.5. The fourth-order valence-electron chi connectivity index (χ4n) is 2.31. The Bertz CT molecular complexity index is 577. The van der Waals surface area contributed by atoms with Gasteiger partial charge in [0.15, 0.2) is 0 Å². The smallest absolute Gasteiger partial charge is 0.133 e. The molecule has 0 bridgehead atoms. The normalized spacial score (nSPS) is 10.9. The van der Waals surface area contributed by atoms with E-state index in [9.17, 15) is 0 Å². The molecule has 0 saturated carbocycles. The second kappa shape index (κ2) is 7.21. The third-order valence-electron chi connectivity index (χ3n) is 3.53. The Morgan fingerprint density at radius 1 is 1.10 bits per heavy atom. The van der Waals surface area contributed by atoms with Crippen molar-refractivity contribution in [1.82, 2.24) is 9.97 Å². The molecule has 0 aliphatic rings. The quantitative estimate of drug-likeness (QED) is 0.849. The Morgan fingerprint density at radius 2 is 1.81 bits per heavy atom. The molecule has 0 atom stereocenters. The summed E-state index contributed by atoms with van der Waals surface area (Å²) in [5.41, 5.74) is 3.32. The minimum Gasteiger partial charge on any atom is -0.370 e. The summed E-state index contributed by atoms with van der Waals surface area (Å²) >= 11 is 0. The molecule has 1 aromatic carbocycles. The summed E-state index contributed by atoms with van der Waals surface area (Å²) in [7, 11) is 0. The van der Waals surface area contributed by atoms with Crippen molar-refractivity contribution in [2.45, 2.75) is 40.5 Å². The number of nitrogens with zero attached hydrogens (tertiary/aromatic N) is 2. The van der Waals surface area contributed by atoms with E-state index in [1.54, 1.807) is 0 Å². The van der Waals surface area contributed by atoms with Crippen molar-refractivity contribution >= 4 is 5.82 Å². The molecule has 112 valence electrons. The molecule has 0 saturated heterocycles. The van der Waals surface area contributed by atoms with Crippen molar-refractivity contribution in [3.63, 3.8) is 0 Å². The Kier molecular flexibility index (Phi) is 5.32. The van der Waals surface area contributed by atoms with Crippen LogP contribution in [0.5, 0.6) is 0 Å². The van der Waals surface area contributed by atoms with Gasteiger partial charge in [-0.05, 0) is 26.2 Å². The lowest BCUT2D eigenvalue weighted by Gasteiger charge is -2.14. The molecular weight excluding hydrogens is 258 g/mol. The Hall–Kier alpha value is -1.90. The van der Waals surface area contributed by atoms with Gasteiger partial charge in [-0.2, -0.15) is 0 Å². The van der Waals surface area contributed by atoms with Crippen LogP contribution >= 0.6 is 0 Å². The van der Waals surface area contributed by atoms with Crippen molar-refractivity contribution in [3.05, 3.63) is 41.7 Å². The number of anilines is 1. The van der Waals surface area contributed by atoms with Crippen molar-refractivity contribution in [1.29, 1.82) is 0 Å². The summed E-state index contributed by atoms with van der Waals surface area (Å²) in [6, 6.07) is 10.4. The van der Waals surface area contributed by atoms with Crippen LogP contribution in [-0.4, -0.2) is 16.5 Å². The maximum Gasteiger partial charge on any atom is 0.133 e. The second-order valence-electron chi connectivity index (χ2n) is 5.79. The van der Waals surface area contributed by atoms with Crippen LogP contribution in [0.15, 0.2) is 30.3 Å². The van der Waals surface area contributed by atoms with E-state index in [4.69, 9.17) is 9.97 Å². The van der Waals surface area contributed by atoms with Crippen LogP contribution in [0.1, 0.15) is 38.6 Å². The van der Waals surface area contributed by atoms with Gasteiger partial charge in [-0.3, -0.25) is 0 Å². The molecule has 2 rings (SSSR count). The largest absolute Gasteiger partial charge is 0.370 e. The molecule has 1 N–H and O–H groups in total. The number of nitrogens with one attached hydrogen (secondary N) is 1. The number of rotatable bonds is 6. The fourth-order valence-corrected chi connectivity index (χ4v) is 2.31. The van der Waals surface area contributed by atoms with E-state index in [0.29, 0.717) is 5.92 Å². The molecule has 0 radical (unpaired) electrons. The van der Waals surface area contributed by atoms with E-state index >= 15 is 0 Å². The van der Waals surface area contributed by atoms with E-state index in [2.05, 4.69) is 57.3 Å². The van der Waals surface area contributed by atoms with E-state index in [0.717, 1.165) is 47.8 Å². The van der Waals surface area contributed by atoms with Gasteiger partial charge in [0, 0.05) is 24.1 Å². The second-order valence-corrected chi connectivity index (χ2v) is 5.79. The Morgan fingerprint density at radius 3 is 2.43 bits per heavy atom. The van der Waals surface area contributed by atoms with Crippen LogP contribution in [0.25, 0.3) is 11.3 Å². The summed E-state index contributed by atoms with van der Waals surface area (Å²) in [6.45, 7) is 9.52. The van der Waals surface area contributed by atoms with Crippen LogP contribution < -0.4 is 5.32 Å². The van der Waals surface area contributed by atoms with Gasteiger partial charge in [0.1, 0.15) is 11.6 Å². The number of benzene rings is 1. The minimum atomic E-state index is 0.665. The van der Waals surface area contributed by atoms with E-state index in [-0.39, 0.29) is 0 Å². The Labute approximate surface area is 127 Å². The van der Waals surface area contributed by atoms with Crippen molar-refractivity contribution in [2.24, 2.45) is 5.92 Å².